The Morgan fingerprint density at radius 2 is 1.16 bits per heavy atom. The first-order valence-corrected chi connectivity index (χ1v) is 26.7. The quantitative estimate of drug-likeness (QED) is 0.0915. The van der Waals surface area contributed by atoms with Gasteiger partial charge >= 0.3 is 0 Å². The molecule has 0 radical (unpaired) electrons. The molecule has 6 aliphatic carbocycles. The first kappa shape index (κ1) is 44.7. The molecule has 4 aliphatic heterocycles. The van der Waals surface area contributed by atoms with Crippen LogP contribution in [-0.2, 0) is 23.7 Å². The van der Waals surface area contributed by atoms with Crippen molar-refractivity contribution in [1.29, 1.82) is 0 Å². The molecule has 13 nitrogen and oxygen atoms in total. The summed E-state index contributed by atoms with van der Waals surface area (Å²) in [6, 6.07) is 21.0. The van der Waals surface area contributed by atoms with Gasteiger partial charge in [-0.25, -0.2) is 5.21 Å². The molecule has 7 N–H and O–H groups in total. The van der Waals surface area contributed by atoms with Gasteiger partial charge in [0.05, 0.1) is 28.5 Å². The van der Waals surface area contributed by atoms with Gasteiger partial charge in [-0.15, -0.1) is 0 Å². The number of benzene rings is 4. The van der Waals surface area contributed by atoms with Gasteiger partial charge in [-0.3, -0.25) is 14.5 Å². The largest absolute Gasteiger partial charge is 0.504 e. The fourth-order valence-electron chi connectivity index (χ4n) is 15.3. The van der Waals surface area contributed by atoms with Crippen LogP contribution >= 0.6 is 31.9 Å². The first-order valence-electron chi connectivity index (χ1n) is 25.1. The van der Waals surface area contributed by atoms with Crippen LogP contribution in [0.1, 0.15) is 107 Å². The van der Waals surface area contributed by atoms with E-state index in [4.69, 9.17) is 9.47 Å². The van der Waals surface area contributed by atoms with Crippen molar-refractivity contribution in [2.45, 2.75) is 135 Å². The lowest BCUT2D eigenvalue weighted by Gasteiger charge is -2.64. The first-order chi connectivity index (χ1) is 33.2. The summed E-state index contributed by atoms with van der Waals surface area (Å²) in [6.45, 7) is 3.17. The van der Waals surface area contributed by atoms with Crippen LogP contribution < -0.4 is 20.1 Å². The monoisotopic (exact) mass is 1070 g/mol. The van der Waals surface area contributed by atoms with Crippen LogP contribution in [0.4, 0.5) is 0 Å². The highest BCUT2D eigenvalue weighted by atomic mass is 79.9. The Hall–Kier alpha value is -4.22. The fourth-order valence-corrected chi connectivity index (χ4v) is 15.8. The number of carbonyl (C=O) groups excluding carboxylic acids is 2. The van der Waals surface area contributed by atoms with E-state index in [0.717, 1.165) is 70.3 Å². The topological polar surface area (TPSA) is 181 Å². The maximum absolute atomic E-state index is 13.2. The average molecular weight is 1070 g/mol. The second-order valence-electron chi connectivity index (χ2n) is 22.2. The molecule has 2 saturated heterocycles. The number of piperidine rings is 2. The maximum atomic E-state index is 13.2. The van der Waals surface area contributed by atoms with E-state index in [1.165, 1.54) is 18.4 Å². The van der Waals surface area contributed by atoms with E-state index in [0.29, 0.717) is 80.2 Å². The molecule has 4 aromatic rings. The molecule has 1 unspecified atom stereocenters. The fraction of sp³-hybridized carbons (Fsp3) is 0.519. The number of amides is 2. The Kier molecular flexibility index (Phi) is 10.1. The number of phenolic OH excluding ortho intramolecular Hbond substituents is 2. The van der Waals surface area contributed by atoms with Crippen molar-refractivity contribution in [3.8, 4) is 23.0 Å². The number of likely N-dealkylation sites (tertiary alicyclic amines) is 2. The van der Waals surface area contributed by atoms with Crippen LogP contribution in [0.15, 0.2) is 81.7 Å². The van der Waals surface area contributed by atoms with E-state index in [1.54, 1.807) is 36.4 Å². The minimum absolute atomic E-state index is 0.0408. The minimum Gasteiger partial charge on any atom is -0.504 e. The summed E-state index contributed by atoms with van der Waals surface area (Å²) in [5, 5.41) is 64.8. The number of carbonyl (C=O) groups is 2. The Bertz CT molecular complexity index is 2790. The van der Waals surface area contributed by atoms with Crippen molar-refractivity contribution in [1.82, 2.24) is 15.5 Å². The number of hydrogen-bond donors (Lipinski definition) is 7. The number of aromatic hydroxyl groups is 2. The van der Waals surface area contributed by atoms with Gasteiger partial charge in [0.2, 0.25) is 0 Å². The summed E-state index contributed by atoms with van der Waals surface area (Å²) in [5.74, 6) is 2.10. The molecule has 15 heteroatoms. The van der Waals surface area contributed by atoms with Gasteiger partial charge in [-0.05, 0) is 148 Å². The van der Waals surface area contributed by atoms with Gasteiger partial charge in [0, 0.05) is 62.5 Å². The molecule has 4 aromatic carbocycles. The predicted octanol–water partition coefficient (Wildman–Crippen LogP) is 6.94. The number of phenols is 2. The summed E-state index contributed by atoms with van der Waals surface area (Å²) >= 11 is 6.83. The summed E-state index contributed by atoms with van der Waals surface area (Å²) in [4.78, 5) is 28.8. The van der Waals surface area contributed by atoms with E-state index >= 15 is 0 Å². The number of ether oxygens (including phenoxy) is 2. The van der Waals surface area contributed by atoms with Crippen LogP contribution in [-0.4, -0.2) is 121 Å². The number of hydroxylamine groups is 3. The lowest BCUT2D eigenvalue weighted by atomic mass is 9.48. The molecule has 2 amide bonds. The number of hydrogen-bond acceptors (Lipinski definition) is 10. The highest BCUT2D eigenvalue weighted by molar-refractivity contribution is 9.10. The molecule has 2 spiro atoms. The van der Waals surface area contributed by atoms with Gasteiger partial charge in [0.15, 0.2) is 29.0 Å². The second-order valence-corrected chi connectivity index (χ2v) is 24.1. The van der Waals surface area contributed by atoms with Crippen molar-refractivity contribution in [3.05, 3.63) is 115 Å². The van der Waals surface area contributed by atoms with Crippen molar-refractivity contribution < 1.29 is 49.3 Å². The number of halogens is 2. The molecule has 69 heavy (non-hydrogen) atoms. The molecule has 4 bridgehead atoms. The third kappa shape index (κ3) is 6.48. The van der Waals surface area contributed by atoms with Gasteiger partial charge in [0.1, 0.15) is 30.9 Å². The minimum atomic E-state index is -1.18. The van der Waals surface area contributed by atoms with Gasteiger partial charge in [-0.1, -0.05) is 44.0 Å². The molecule has 10 aliphatic rings. The number of nitrogens with zero attached hydrogens (tertiary/aromatic N) is 2. The zero-order chi connectivity index (χ0) is 47.4. The van der Waals surface area contributed by atoms with Crippen LogP contribution in [0.5, 0.6) is 23.0 Å². The standard InChI is InChI=1S/C27H29BrN2O5.C27H29BrN2O4/c28-18-6-3-16(4-7-18)25(32)29-19-9-10-27(33)21-13-17-5-8-20(31)23-22(17)26(27,24(19)35-23)11-12-30(21,34)14-15-1-2-15;28-18-6-3-16(4-7-18)25(32)29-19-9-10-27(33)21-13-17-5-8-20(31)23-22(17)26(27,24(19)34-23)11-12-30(21)14-15-1-2-15/h3-8,15,19,21,24,33-34H,1-2,9-14H2,(H-,29,31,32);3-8,15,19,21,24,31,33H,1-2,9-14H2,(H,29,32)/p+1/t19-,21-,24+,26+,27-,30?;19-,21-,24+,26+,27-/m11/s1. The lowest BCUT2D eigenvalue weighted by Crippen LogP contribution is -2.82. The summed E-state index contributed by atoms with van der Waals surface area (Å²) in [6.07, 6.45) is 8.83. The lowest BCUT2D eigenvalue weighted by molar-refractivity contribution is -1.13. The molecule has 0 aromatic heterocycles. The van der Waals surface area contributed by atoms with E-state index < -0.39 is 34.2 Å². The van der Waals surface area contributed by atoms with Crippen molar-refractivity contribution in [3.63, 3.8) is 0 Å². The van der Waals surface area contributed by atoms with E-state index in [2.05, 4.69) is 47.4 Å². The Morgan fingerprint density at radius 3 is 1.70 bits per heavy atom. The summed E-state index contributed by atoms with van der Waals surface area (Å²) in [7, 11) is 0. The van der Waals surface area contributed by atoms with E-state index in [-0.39, 0.29) is 52.1 Å². The highest BCUT2D eigenvalue weighted by Gasteiger charge is 2.78. The van der Waals surface area contributed by atoms with Crippen molar-refractivity contribution in [2.24, 2.45) is 11.8 Å². The molecule has 4 saturated carbocycles. The van der Waals surface area contributed by atoms with Crippen molar-refractivity contribution >= 4 is 43.7 Å². The Balaban J connectivity index is 0.000000136. The van der Waals surface area contributed by atoms with E-state index in [1.807, 2.05) is 36.4 Å². The number of quaternary nitrogens is 1. The highest BCUT2D eigenvalue weighted by Crippen LogP contribution is 2.68. The SMILES string of the molecule is O=C(N[C@@H]1CC[C@@]2(O)[C@H]3Cc4ccc(O)c5c4[C@@]2(CCN3CC2CC2)[C@H]1O5)c1ccc(Br)cc1.O=C(N[C@@H]1CC[C@@]2(O)[C@H]3Cc4ccc(O)c5c4[C@@]2(CC[N+]3(O)CC2CC2)[C@H]1O5)c1ccc(Br)cc1. The van der Waals surface area contributed by atoms with Crippen LogP contribution in [0.2, 0.25) is 0 Å². The maximum Gasteiger partial charge on any atom is 0.251 e. The van der Waals surface area contributed by atoms with Crippen LogP contribution in [0.3, 0.4) is 0 Å². The average Bonchev–Trinajstić information content (AvgIpc) is 4.26. The molecule has 14 rings (SSSR count). The summed E-state index contributed by atoms with van der Waals surface area (Å²) < 4.78 is 14.7. The molecule has 4 heterocycles. The predicted molar refractivity (Wildman–Crippen MR) is 261 cm³/mol. The van der Waals surface area contributed by atoms with Gasteiger partial charge in [-0.2, -0.15) is 4.65 Å². The van der Waals surface area contributed by atoms with E-state index in [9.17, 15) is 35.2 Å². The summed E-state index contributed by atoms with van der Waals surface area (Å²) in [5.41, 5.74) is 1.74. The number of nitrogens with one attached hydrogen (secondary N) is 2. The molecule has 6 fully saturated rings. The van der Waals surface area contributed by atoms with Crippen molar-refractivity contribution in [2.75, 3.05) is 26.2 Å². The third-order valence-corrected chi connectivity index (χ3v) is 19.7. The molecule has 362 valence electrons. The van der Waals surface area contributed by atoms with Crippen LogP contribution in [0, 0.1) is 11.8 Å². The Labute approximate surface area is 418 Å². The smallest absolute Gasteiger partial charge is 0.251 e. The van der Waals surface area contributed by atoms with Gasteiger partial charge < -0.3 is 40.5 Å². The molecular weight excluding hydrogens is 1010 g/mol. The number of aliphatic hydroxyl groups is 2. The Morgan fingerprint density at radius 1 is 0.652 bits per heavy atom. The van der Waals surface area contributed by atoms with Gasteiger partial charge in [0.25, 0.3) is 11.8 Å². The molecular formula is C54H59Br2N4O9+. The molecule has 11 atom stereocenters. The zero-order valence-corrected chi connectivity index (χ0v) is 41.6. The van der Waals surface area contributed by atoms with Crippen LogP contribution in [0.25, 0.3) is 0 Å². The normalized spacial score (nSPS) is 36.9. The number of rotatable bonds is 8. The second kappa shape index (κ2) is 15.6. The zero-order valence-electron chi connectivity index (χ0n) is 38.4. The third-order valence-electron chi connectivity index (χ3n) is 18.7.